The quantitative estimate of drug-likeness (QED) is 0.805. The largest absolute Gasteiger partial charge is 0.483 e. The van der Waals surface area contributed by atoms with Gasteiger partial charge in [-0.25, -0.2) is 9.82 Å². The molecule has 1 amide bonds. The van der Waals surface area contributed by atoms with Gasteiger partial charge in [-0.15, -0.1) is 0 Å². The molecule has 0 radical (unpaired) electrons. The molecule has 0 aliphatic carbocycles. The first-order valence-electron chi connectivity index (χ1n) is 10.6. The van der Waals surface area contributed by atoms with E-state index >= 15 is 0 Å². The van der Waals surface area contributed by atoms with E-state index in [4.69, 9.17) is 4.74 Å². The van der Waals surface area contributed by atoms with Crippen molar-refractivity contribution in [2.75, 3.05) is 43.1 Å². The Morgan fingerprint density at radius 2 is 1.94 bits per heavy atom. The second-order valence-corrected chi connectivity index (χ2v) is 8.46. The van der Waals surface area contributed by atoms with Crippen molar-refractivity contribution in [1.82, 2.24) is 10.3 Å². The van der Waals surface area contributed by atoms with Crippen LogP contribution in [0.1, 0.15) is 13.8 Å². The zero-order valence-corrected chi connectivity index (χ0v) is 17.9. The van der Waals surface area contributed by atoms with E-state index in [-0.39, 0.29) is 24.4 Å². The van der Waals surface area contributed by atoms with Gasteiger partial charge in [0.1, 0.15) is 24.2 Å². The number of ether oxygens (including phenoxy) is 1. The fourth-order valence-corrected chi connectivity index (χ4v) is 4.69. The Labute approximate surface area is 181 Å². The van der Waals surface area contributed by atoms with Crippen LogP contribution in [0.5, 0.6) is 5.75 Å². The first kappa shape index (κ1) is 19.8. The van der Waals surface area contributed by atoms with Crippen molar-refractivity contribution in [3.8, 4) is 16.9 Å². The summed E-state index contributed by atoms with van der Waals surface area (Å²) in [5.74, 6) is 0.860. The van der Waals surface area contributed by atoms with E-state index in [1.54, 1.807) is 12.1 Å². The second kappa shape index (κ2) is 7.53. The van der Waals surface area contributed by atoms with Gasteiger partial charge >= 0.3 is 0 Å². The molecule has 3 aliphatic rings. The number of likely N-dealkylation sites (N-methyl/N-ethyl adjacent to an activating group) is 1. The predicted molar refractivity (Wildman–Crippen MR) is 119 cm³/mol. The van der Waals surface area contributed by atoms with E-state index < -0.39 is 6.04 Å². The molecule has 0 aromatic heterocycles. The van der Waals surface area contributed by atoms with Crippen LogP contribution in [0.15, 0.2) is 41.5 Å². The van der Waals surface area contributed by atoms with Crippen LogP contribution in [0.4, 0.5) is 15.8 Å². The molecule has 2 aromatic rings. The zero-order chi connectivity index (χ0) is 21.7. The molecule has 1 fully saturated rings. The molecule has 1 N–H and O–H groups in total. The van der Waals surface area contributed by atoms with Crippen molar-refractivity contribution < 1.29 is 13.9 Å². The molecule has 8 heteroatoms. The second-order valence-electron chi connectivity index (χ2n) is 8.46. The maximum Gasteiger partial charge on any atom is 0.262 e. The van der Waals surface area contributed by atoms with Gasteiger partial charge in [-0.3, -0.25) is 4.79 Å². The SMILES string of the molecule is CC1CN(C)CCN1c1cc2c(cc1-c1ccccc1F)OCC1=NNC(=O)C(C)N12. The molecule has 1 saturated heterocycles. The average molecular weight is 423 g/mol. The number of hydrogen-bond acceptors (Lipinski definition) is 6. The van der Waals surface area contributed by atoms with Crippen molar-refractivity contribution >= 4 is 23.1 Å². The number of carbonyl (C=O) groups is 1. The Morgan fingerprint density at radius 3 is 2.71 bits per heavy atom. The number of nitrogens with zero attached hydrogens (tertiary/aromatic N) is 4. The van der Waals surface area contributed by atoms with E-state index in [0.717, 1.165) is 36.6 Å². The number of nitrogens with one attached hydrogen (secondary N) is 1. The minimum atomic E-state index is -0.410. The van der Waals surface area contributed by atoms with Crippen LogP contribution < -0.4 is 20.0 Å². The Morgan fingerprint density at radius 1 is 1.13 bits per heavy atom. The van der Waals surface area contributed by atoms with Crippen molar-refractivity contribution in [1.29, 1.82) is 0 Å². The average Bonchev–Trinajstić information content (AvgIpc) is 2.75. The highest BCUT2D eigenvalue weighted by molar-refractivity contribution is 6.10. The summed E-state index contributed by atoms with van der Waals surface area (Å²) in [6, 6.07) is 10.6. The number of benzene rings is 2. The first-order chi connectivity index (χ1) is 14.9. The van der Waals surface area contributed by atoms with Crippen molar-refractivity contribution in [2.24, 2.45) is 5.10 Å². The zero-order valence-electron chi connectivity index (χ0n) is 17.9. The molecule has 31 heavy (non-hydrogen) atoms. The predicted octanol–water partition coefficient (Wildman–Crippen LogP) is 2.66. The molecule has 3 aliphatic heterocycles. The summed E-state index contributed by atoms with van der Waals surface area (Å²) in [5, 5.41) is 4.18. The lowest BCUT2D eigenvalue weighted by Crippen LogP contribution is -2.55. The third-order valence-electron chi connectivity index (χ3n) is 6.34. The normalized spacial score (nSPS) is 23.5. The summed E-state index contributed by atoms with van der Waals surface area (Å²) in [4.78, 5) is 18.8. The van der Waals surface area contributed by atoms with Gasteiger partial charge in [0.15, 0.2) is 5.84 Å². The van der Waals surface area contributed by atoms with Crippen LogP contribution in [-0.2, 0) is 4.79 Å². The minimum Gasteiger partial charge on any atom is -0.483 e. The maximum atomic E-state index is 14.8. The van der Waals surface area contributed by atoms with Gasteiger partial charge in [0.2, 0.25) is 0 Å². The van der Waals surface area contributed by atoms with E-state index in [2.05, 4.69) is 34.3 Å². The molecule has 2 unspecified atom stereocenters. The number of hydrazone groups is 1. The van der Waals surface area contributed by atoms with E-state index in [1.165, 1.54) is 6.07 Å². The lowest BCUT2D eigenvalue weighted by Gasteiger charge is -2.43. The van der Waals surface area contributed by atoms with Crippen LogP contribution in [0, 0.1) is 5.82 Å². The number of amidine groups is 1. The highest BCUT2D eigenvalue weighted by Gasteiger charge is 2.37. The van der Waals surface area contributed by atoms with Gasteiger partial charge in [-0.1, -0.05) is 18.2 Å². The number of piperazine rings is 1. The molecule has 0 saturated carbocycles. The number of carbonyl (C=O) groups excluding carboxylic acids is 1. The van der Waals surface area contributed by atoms with Gasteiger partial charge in [-0.2, -0.15) is 5.10 Å². The minimum absolute atomic E-state index is 0.163. The number of amides is 1. The number of anilines is 2. The topological polar surface area (TPSA) is 60.4 Å². The smallest absolute Gasteiger partial charge is 0.262 e. The monoisotopic (exact) mass is 423 g/mol. The van der Waals surface area contributed by atoms with Crippen LogP contribution in [0.25, 0.3) is 11.1 Å². The molecule has 0 bridgehead atoms. The standard InChI is InChI=1S/C23H26FN5O2/c1-14-12-27(3)8-9-28(14)19-11-20-21(10-17(19)16-6-4-5-7-18(16)24)31-13-22-25-26-23(30)15(2)29(20)22/h4-7,10-11,14-15H,8-9,12-13H2,1-3H3,(H,26,30). The summed E-state index contributed by atoms with van der Waals surface area (Å²) < 4.78 is 20.8. The molecule has 2 atom stereocenters. The molecule has 0 spiro atoms. The van der Waals surface area contributed by atoms with Gasteiger partial charge in [0, 0.05) is 42.5 Å². The fraction of sp³-hybridized carbons (Fsp3) is 0.391. The molecular weight excluding hydrogens is 397 g/mol. The molecule has 2 aromatic carbocycles. The number of halogens is 1. The summed E-state index contributed by atoms with van der Waals surface area (Å²) in [5.41, 5.74) is 5.62. The van der Waals surface area contributed by atoms with Gasteiger partial charge < -0.3 is 19.4 Å². The Kier molecular flexibility index (Phi) is 4.81. The van der Waals surface area contributed by atoms with Crippen molar-refractivity contribution in [2.45, 2.75) is 25.9 Å². The highest BCUT2D eigenvalue weighted by Crippen LogP contribution is 2.45. The lowest BCUT2D eigenvalue weighted by atomic mass is 9.98. The van der Waals surface area contributed by atoms with Gasteiger partial charge in [0.25, 0.3) is 5.91 Å². The molecular formula is C23H26FN5O2. The third kappa shape index (κ3) is 3.31. The van der Waals surface area contributed by atoms with Gasteiger partial charge in [-0.05, 0) is 39.1 Å². The summed E-state index contributed by atoms with van der Waals surface area (Å²) in [7, 11) is 2.11. The van der Waals surface area contributed by atoms with E-state index in [1.807, 2.05) is 30.0 Å². The van der Waals surface area contributed by atoms with Crippen LogP contribution in [0.2, 0.25) is 0 Å². The third-order valence-corrected chi connectivity index (χ3v) is 6.34. The fourth-order valence-electron chi connectivity index (χ4n) is 4.69. The first-order valence-corrected chi connectivity index (χ1v) is 10.6. The number of rotatable bonds is 2. The molecule has 3 heterocycles. The summed E-state index contributed by atoms with van der Waals surface area (Å²) in [6.45, 7) is 6.94. The van der Waals surface area contributed by atoms with E-state index in [9.17, 15) is 9.18 Å². The van der Waals surface area contributed by atoms with Gasteiger partial charge in [0.05, 0.1) is 5.69 Å². The molecule has 5 rings (SSSR count). The highest BCUT2D eigenvalue weighted by atomic mass is 19.1. The molecule has 162 valence electrons. The van der Waals surface area contributed by atoms with Crippen LogP contribution >= 0.6 is 0 Å². The Hall–Kier alpha value is -3.13. The summed E-state index contributed by atoms with van der Waals surface area (Å²) >= 11 is 0. The van der Waals surface area contributed by atoms with E-state index in [0.29, 0.717) is 17.1 Å². The van der Waals surface area contributed by atoms with Crippen LogP contribution in [-0.4, -0.2) is 62.0 Å². The van der Waals surface area contributed by atoms with Crippen LogP contribution in [0.3, 0.4) is 0 Å². The summed E-state index contributed by atoms with van der Waals surface area (Å²) in [6.07, 6.45) is 0. The Bertz CT molecular complexity index is 1070. The Balaban J connectivity index is 1.70. The van der Waals surface area contributed by atoms with Crippen molar-refractivity contribution in [3.05, 3.63) is 42.2 Å². The lowest BCUT2D eigenvalue weighted by molar-refractivity contribution is -0.122. The molecule has 7 nitrogen and oxygen atoms in total. The van der Waals surface area contributed by atoms with Crippen molar-refractivity contribution in [3.63, 3.8) is 0 Å². The number of fused-ring (bicyclic) bond motifs is 3. The number of hydrogen-bond donors (Lipinski definition) is 1. The maximum absolute atomic E-state index is 14.8.